The first-order valence-electron chi connectivity index (χ1n) is 9.98. The van der Waals surface area contributed by atoms with Crippen molar-refractivity contribution >= 4 is 35.5 Å². The molecule has 1 aliphatic rings. The van der Waals surface area contributed by atoms with Crippen LogP contribution in [0.15, 0.2) is 60.7 Å². The molecule has 5 nitrogen and oxygen atoms in total. The SMILES string of the molecule is CCOC(=O)C1(CC=Cc2ccc(Cl)cc2)CCCN(C(=O)c2ccccc2)C1=O. The first kappa shape index (κ1) is 21.8. The predicted molar refractivity (Wildman–Crippen MR) is 116 cm³/mol. The molecule has 3 rings (SSSR count). The summed E-state index contributed by atoms with van der Waals surface area (Å²) in [6, 6.07) is 15.9. The van der Waals surface area contributed by atoms with E-state index in [-0.39, 0.29) is 19.6 Å². The molecular formula is C24H24ClNO4. The molecular weight excluding hydrogens is 402 g/mol. The van der Waals surface area contributed by atoms with E-state index >= 15 is 0 Å². The number of hydrogen-bond donors (Lipinski definition) is 0. The van der Waals surface area contributed by atoms with Crippen molar-refractivity contribution in [2.75, 3.05) is 13.2 Å². The van der Waals surface area contributed by atoms with Crippen LogP contribution in [-0.4, -0.2) is 35.8 Å². The number of rotatable bonds is 6. The van der Waals surface area contributed by atoms with Crippen molar-refractivity contribution in [3.63, 3.8) is 0 Å². The molecule has 0 radical (unpaired) electrons. The fourth-order valence-corrected chi connectivity index (χ4v) is 3.76. The molecule has 1 heterocycles. The minimum Gasteiger partial charge on any atom is -0.465 e. The van der Waals surface area contributed by atoms with Gasteiger partial charge >= 0.3 is 5.97 Å². The van der Waals surface area contributed by atoms with Crippen molar-refractivity contribution in [3.05, 3.63) is 76.8 Å². The van der Waals surface area contributed by atoms with E-state index in [1.54, 1.807) is 55.5 Å². The highest BCUT2D eigenvalue weighted by molar-refractivity contribution is 6.30. The Hall–Kier alpha value is -2.92. The number of esters is 1. The zero-order chi connectivity index (χ0) is 21.6. The second kappa shape index (κ2) is 9.72. The van der Waals surface area contributed by atoms with Gasteiger partial charge in [-0.05, 0) is 56.0 Å². The summed E-state index contributed by atoms with van der Waals surface area (Å²) in [4.78, 5) is 40.4. The number of likely N-dealkylation sites (tertiary alicyclic amines) is 1. The Morgan fingerprint density at radius 3 is 2.50 bits per heavy atom. The summed E-state index contributed by atoms with van der Waals surface area (Å²) in [6.45, 7) is 2.16. The average molecular weight is 426 g/mol. The van der Waals surface area contributed by atoms with Crippen molar-refractivity contribution in [1.29, 1.82) is 0 Å². The van der Waals surface area contributed by atoms with Gasteiger partial charge in [-0.2, -0.15) is 0 Å². The lowest BCUT2D eigenvalue weighted by Crippen LogP contribution is -2.55. The lowest BCUT2D eigenvalue weighted by molar-refractivity contribution is -0.166. The standard InChI is InChI=1S/C24H24ClNO4/c1-2-30-23(29)24(15-6-8-18-11-13-20(25)14-12-18)16-7-17-26(22(24)28)21(27)19-9-4-3-5-10-19/h3-6,8-14H,2,7,15-17H2,1H3. The molecule has 0 saturated carbocycles. The Kier molecular flexibility index (Phi) is 7.06. The molecule has 156 valence electrons. The van der Waals surface area contributed by atoms with E-state index in [1.165, 1.54) is 4.90 Å². The van der Waals surface area contributed by atoms with Crippen LogP contribution in [0.4, 0.5) is 0 Å². The quantitative estimate of drug-likeness (QED) is 0.380. The Bertz CT molecular complexity index is 939. The normalized spacial score (nSPS) is 19.1. The van der Waals surface area contributed by atoms with Gasteiger partial charge in [-0.3, -0.25) is 19.3 Å². The van der Waals surface area contributed by atoms with Crippen LogP contribution in [0.25, 0.3) is 6.08 Å². The first-order chi connectivity index (χ1) is 14.5. The maximum absolute atomic E-state index is 13.4. The minimum atomic E-state index is -1.40. The molecule has 30 heavy (non-hydrogen) atoms. The molecule has 2 aromatic rings. The van der Waals surface area contributed by atoms with Crippen LogP contribution in [0.2, 0.25) is 5.02 Å². The van der Waals surface area contributed by atoms with Gasteiger partial charge < -0.3 is 4.74 Å². The van der Waals surface area contributed by atoms with Crippen molar-refractivity contribution in [2.45, 2.75) is 26.2 Å². The molecule has 1 saturated heterocycles. The van der Waals surface area contributed by atoms with Gasteiger partial charge in [-0.1, -0.05) is 54.1 Å². The van der Waals surface area contributed by atoms with E-state index in [1.807, 2.05) is 18.2 Å². The summed E-state index contributed by atoms with van der Waals surface area (Å²) < 4.78 is 5.26. The highest BCUT2D eigenvalue weighted by Crippen LogP contribution is 2.37. The van der Waals surface area contributed by atoms with Gasteiger partial charge in [-0.15, -0.1) is 0 Å². The van der Waals surface area contributed by atoms with Crippen LogP contribution < -0.4 is 0 Å². The van der Waals surface area contributed by atoms with E-state index in [0.717, 1.165) is 5.56 Å². The number of ether oxygens (including phenoxy) is 1. The number of hydrogen-bond acceptors (Lipinski definition) is 4. The van der Waals surface area contributed by atoms with Crippen LogP contribution >= 0.6 is 11.6 Å². The highest BCUT2D eigenvalue weighted by Gasteiger charge is 2.52. The number of allylic oxidation sites excluding steroid dienone is 1. The summed E-state index contributed by atoms with van der Waals surface area (Å²) >= 11 is 5.91. The summed E-state index contributed by atoms with van der Waals surface area (Å²) in [5, 5.41) is 0.632. The van der Waals surface area contributed by atoms with E-state index in [9.17, 15) is 14.4 Å². The molecule has 1 atom stereocenters. The molecule has 6 heteroatoms. The summed E-state index contributed by atoms with van der Waals surface area (Å²) in [5.74, 6) is -1.47. The van der Waals surface area contributed by atoms with Crippen LogP contribution in [0.1, 0.15) is 42.1 Å². The van der Waals surface area contributed by atoms with Crippen LogP contribution in [0.3, 0.4) is 0 Å². The second-order valence-corrected chi connectivity index (χ2v) is 7.63. The summed E-state index contributed by atoms with van der Waals surface area (Å²) in [6.07, 6.45) is 4.66. The number of benzene rings is 2. The molecule has 0 aromatic heterocycles. The number of carbonyl (C=O) groups is 3. The Morgan fingerprint density at radius 2 is 1.83 bits per heavy atom. The Labute approximate surface area is 181 Å². The lowest BCUT2D eigenvalue weighted by atomic mass is 9.75. The zero-order valence-corrected chi connectivity index (χ0v) is 17.6. The number of halogens is 1. The number of imide groups is 1. The van der Waals surface area contributed by atoms with Crippen molar-refractivity contribution < 1.29 is 19.1 Å². The van der Waals surface area contributed by atoms with Gasteiger partial charge in [0.2, 0.25) is 5.91 Å². The Morgan fingerprint density at radius 1 is 1.13 bits per heavy atom. The number of carbonyl (C=O) groups excluding carboxylic acids is 3. The third-order valence-corrected chi connectivity index (χ3v) is 5.47. The van der Waals surface area contributed by atoms with Crippen molar-refractivity contribution in [2.24, 2.45) is 5.41 Å². The third-order valence-electron chi connectivity index (χ3n) is 5.22. The van der Waals surface area contributed by atoms with Crippen LogP contribution in [-0.2, 0) is 14.3 Å². The van der Waals surface area contributed by atoms with Gasteiger partial charge in [0.15, 0.2) is 5.41 Å². The summed E-state index contributed by atoms with van der Waals surface area (Å²) in [7, 11) is 0. The lowest BCUT2D eigenvalue weighted by Gasteiger charge is -2.38. The minimum absolute atomic E-state index is 0.159. The largest absolute Gasteiger partial charge is 0.465 e. The van der Waals surface area contributed by atoms with Gasteiger partial charge in [0.1, 0.15) is 0 Å². The topological polar surface area (TPSA) is 63.7 Å². The molecule has 1 fully saturated rings. The maximum atomic E-state index is 13.4. The van der Waals surface area contributed by atoms with E-state index in [4.69, 9.17) is 16.3 Å². The monoisotopic (exact) mass is 425 g/mol. The first-order valence-corrected chi connectivity index (χ1v) is 10.4. The van der Waals surface area contributed by atoms with E-state index < -0.39 is 23.2 Å². The third kappa shape index (κ3) is 4.62. The van der Waals surface area contributed by atoms with E-state index in [2.05, 4.69) is 0 Å². The Balaban J connectivity index is 1.87. The fourth-order valence-electron chi connectivity index (χ4n) is 3.64. The van der Waals surface area contributed by atoms with Crippen LogP contribution in [0.5, 0.6) is 0 Å². The average Bonchev–Trinajstić information content (AvgIpc) is 2.76. The molecule has 2 amide bonds. The molecule has 0 N–H and O–H groups in total. The van der Waals surface area contributed by atoms with Gasteiger partial charge in [-0.25, -0.2) is 0 Å². The molecule has 0 spiro atoms. The summed E-state index contributed by atoms with van der Waals surface area (Å²) in [5.41, 5.74) is -0.0807. The molecule has 0 bridgehead atoms. The number of amides is 2. The molecule has 1 unspecified atom stereocenters. The smallest absolute Gasteiger partial charge is 0.321 e. The van der Waals surface area contributed by atoms with Crippen molar-refractivity contribution in [3.8, 4) is 0 Å². The van der Waals surface area contributed by atoms with Gasteiger partial charge in [0, 0.05) is 17.1 Å². The van der Waals surface area contributed by atoms with Gasteiger partial charge in [0.25, 0.3) is 5.91 Å². The zero-order valence-electron chi connectivity index (χ0n) is 16.8. The maximum Gasteiger partial charge on any atom is 0.321 e. The fraction of sp³-hybridized carbons (Fsp3) is 0.292. The van der Waals surface area contributed by atoms with Crippen molar-refractivity contribution in [1.82, 2.24) is 4.90 Å². The molecule has 0 aliphatic carbocycles. The predicted octanol–water partition coefficient (Wildman–Crippen LogP) is 4.76. The second-order valence-electron chi connectivity index (χ2n) is 7.19. The number of piperidine rings is 1. The number of nitrogens with zero attached hydrogens (tertiary/aromatic N) is 1. The highest BCUT2D eigenvalue weighted by atomic mass is 35.5. The molecule has 1 aliphatic heterocycles. The van der Waals surface area contributed by atoms with Crippen LogP contribution in [0, 0.1) is 5.41 Å². The molecule has 2 aromatic carbocycles. The van der Waals surface area contributed by atoms with E-state index in [0.29, 0.717) is 23.4 Å². The van der Waals surface area contributed by atoms with Gasteiger partial charge in [0.05, 0.1) is 6.61 Å².